The van der Waals surface area contributed by atoms with Crippen LogP contribution in [0.4, 0.5) is 9.52 Å². The summed E-state index contributed by atoms with van der Waals surface area (Å²) in [5.41, 5.74) is 0.717. The van der Waals surface area contributed by atoms with E-state index in [0.29, 0.717) is 0 Å². The Labute approximate surface area is 104 Å². The van der Waals surface area contributed by atoms with E-state index in [1.807, 2.05) is 0 Å². The van der Waals surface area contributed by atoms with Crippen LogP contribution in [0.2, 0.25) is 0 Å². The number of hydrogen-bond acceptors (Lipinski definition) is 4. The molecule has 0 spiro atoms. The van der Waals surface area contributed by atoms with Gasteiger partial charge >= 0.3 is 0 Å². The number of nitrogens with zero attached hydrogens (tertiary/aromatic N) is 1. The third-order valence-corrected chi connectivity index (χ3v) is 3.40. The SMILES string of the molecule is COCCCCNc1nc2cc(F)ccc2s1. The van der Waals surface area contributed by atoms with Gasteiger partial charge in [0.05, 0.1) is 10.2 Å². The highest BCUT2D eigenvalue weighted by Crippen LogP contribution is 2.26. The summed E-state index contributed by atoms with van der Waals surface area (Å²) < 4.78 is 18.9. The number of nitrogens with one attached hydrogen (secondary N) is 1. The van der Waals surface area contributed by atoms with E-state index in [9.17, 15) is 4.39 Å². The zero-order valence-electron chi connectivity index (χ0n) is 9.70. The first-order chi connectivity index (χ1) is 8.29. The van der Waals surface area contributed by atoms with Crippen LogP contribution in [-0.4, -0.2) is 25.2 Å². The summed E-state index contributed by atoms with van der Waals surface area (Å²) in [5.74, 6) is -0.241. The fourth-order valence-corrected chi connectivity index (χ4v) is 2.41. The van der Waals surface area contributed by atoms with Gasteiger partial charge in [-0.3, -0.25) is 0 Å². The van der Waals surface area contributed by atoms with Gasteiger partial charge in [-0.15, -0.1) is 0 Å². The topological polar surface area (TPSA) is 34.1 Å². The lowest BCUT2D eigenvalue weighted by Gasteiger charge is -2.01. The highest BCUT2D eigenvalue weighted by molar-refractivity contribution is 7.22. The Hall–Kier alpha value is -1.20. The van der Waals surface area contributed by atoms with Crippen molar-refractivity contribution in [1.29, 1.82) is 0 Å². The molecule has 17 heavy (non-hydrogen) atoms. The van der Waals surface area contributed by atoms with Crippen molar-refractivity contribution in [3.8, 4) is 0 Å². The molecule has 0 unspecified atom stereocenters. The van der Waals surface area contributed by atoms with E-state index in [2.05, 4.69) is 10.3 Å². The number of unbranched alkanes of at least 4 members (excludes halogenated alkanes) is 1. The second-order valence-corrected chi connectivity index (χ2v) is 4.79. The van der Waals surface area contributed by atoms with Crippen molar-refractivity contribution in [2.45, 2.75) is 12.8 Å². The van der Waals surface area contributed by atoms with E-state index in [1.54, 1.807) is 24.5 Å². The number of methoxy groups -OCH3 is 1. The number of benzene rings is 1. The van der Waals surface area contributed by atoms with Crippen LogP contribution in [0.3, 0.4) is 0 Å². The molecule has 0 aliphatic carbocycles. The van der Waals surface area contributed by atoms with Crippen LogP contribution in [0.1, 0.15) is 12.8 Å². The van der Waals surface area contributed by atoms with Gasteiger partial charge in [0.1, 0.15) is 5.82 Å². The quantitative estimate of drug-likeness (QED) is 0.803. The maximum absolute atomic E-state index is 13.0. The van der Waals surface area contributed by atoms with Crippen molar-refractivity contribution in [3.63, 3.8) is 0 Å². The smallest absolute Gasteiger partial charge is 0.183 e. The van der Waals surface area contributed by atoms with Gasteiger partial charge in [0.25, 0.3) is 0 Å². The first kappa shape index (κ1) is 12.3. The Bertz CT molecular complexity index is 486. The van der Waals surface area contributed by atoms with E-state index >= 15 is 0 Å². The second-order valence-electron chi connectivity index (χ2n) is 3.76. The molecule has 2 rings (SSSR count). The lowest BCUT2D eigenvalue weighted by atomic mass is 10.3. The number of aromatic nitrogens is 1. The maximum Gasteiger partial charge on any atom is 0.183 e. The normalized spacial score (nSPS) is 10.9. The highest BCUT2D eigenvalue weighted by atomic mass is 32.1. The molecular formula is C12H15FN2OS. The van der Waals surface area contributed by atoms with Gasteiger partial charge < -0.3 is 10.1 Å². The molecule has 1 heterocycles. The first-order valence-electron chi connectivity index (χ1n) is 5.58. The molecule has 0 fully saturated rings. The Morgan fingerprint density at radius 1 is 1.41 bits per heavy atom. The van der Waals surface area contributed by atoms with E-state index in [1.165, 1.54) is 12.1 Å². The number of ether oxygens (including phenoxy) is 1. The molecule has 0 saturated carbocycles. The number of hydrogen-bond donors (Lipinski definition) is 1. The molecule has 2 aromatic rings. The van der Waals surface area contributed by atoms with Crippen LogP contribution in [0.15, 0.2) is 18.2 Å². The van der Waals surface area contributed by atoms with Crippen LogP contribution in [-0.2, 0) is 4.74 Å². The van der Waals surface area contributed by atoms with Crippen LogP contribution in [0, 0.1) is 5.82 Å². The lowest BCUT2D eigenvalue weighted by Crippen LogP contribution is -2.02. The lowest BCUT2D eigenvalue weighted by molar-refractivity contribution is 0.194. The van der Waals surface area contributed by atoms with E-state index < -0.39 is 0 Å². The molecule has 1 aromatic carbocycles. The summed E-state index contributed by atoms with van der Waals surface area (Å²) in [6, 6.07) is 4.68. The van der Waals surface area contributed by atoms with Gasteiger partial charge in [0, 0.05) is 26.3 Å². The fraction of sp³-hybridized carbons (Fsp3) is 0.417. The van der Waals surface area contributed by atoms with E-state index in [-0.39, 0.29) is 5.82 Å². The third kappa shape index (κ3) is 3.38. The zero-order valence-corrected chi connectivity index (χ0v) is 10.5. The van der Waals surface area contributed by atoms with Gasteiger partial charge in [-0.1, -0.05) is 11.3 Å². The van der Waals surface area contributed by atoms with Crippen LogP contribution in [0.25, 0.3) is 10.2 Å². The molecule has 0 aliphatic heterocycles. The monoisotopic (exact) mass is 254 g/mol. The van der Waals surface area contributed by atoms with Gasteiger partial charge in [0.15, 0.2) is 5.13 Å². The summed E-state index contributed by atoms with van der Waals surface area (Å²) in [7, 11) is 1.70. The summed E-state index contributed by atoms with van der Waals surface area (Å²) in [6.45, 7) is 1.65. The van der Waals surface area contributed by atoms with Crippen molar-refractivity contribution in [2.24, 2.45) is 0 Å². The van der Waals surface area contributed by atoms with Gasteiger partial charge in [-0.05, 0) is 25.0 Å². The molecule has 0 amide bonds. The molecule has 3 nitrogen and oxygen atoms in total. The van der Waals surface area contributed by atoms with Crippen molar-refractivity contribution in [3.05, 3.63) is 24.0 Å². The average molecular weight is 254 g/mol. The Morgan fingerprint density at radius 3 is 3.12 bits per heavy atom. The molecule has 92 valence electrons. The molecule has 1 aromatic heterocycles. The van der Waals surface area contributed by atoms with E-state index in [0.717, 1.165) is 41.3 Å². The predicted octanol–water partition coefficient (Wildman–Crippen LogP) is 3.27. The van der Waals surface area contributed by atoms with Gasteiger partial charge in [-0.25, -0.2) is 9.37 Å². The van der Waals surface area contributed by atoms with Crippen LogP contribution in [0.5, 0.6) is 0 Å². The minimum atomic E-state index is -0.241. The largest absolute Gasteiger partial charge is 0.385 e. The first-order valence-corrected chi connectivity index (χ1v) is 6.40. The summed E-state index contributed by atoms with van der Waals surface area (Å²) in [5, 5.41) is 4.09. The maximum atomic E-state index is 13.0. The minimum Gasteiger partial charge on any atom is -0.385 e. The Balaban J connectivity index is 1.91. The van der Waals surface area contributed by atoms with Crippen molar-refractivity contribution < 1.29 is 9.13 Å². The van der Waals surface area contributed by atoms with Crippen LogP contribution < -0.4 is 5.32 Å². The van der Waals surface area contributed by atoms with Gasteiger partial charge in [0.2, 0.25) is 0 Å². The summed E-state index contributed by atoms with van der Waals surface area (Å²) >= 11 is 1.55. The number of halogens is 1. The number of fused-ring (bicyclic) bond motifs is 1. The number of anilines is 1. The Morgan fingerprint density at radius 2 is 2.29 bits per heavy atom. The van der Waals surface area contributed by atoms with Gasteiger partial charge in [-0.2, -0.15) is 0 Å². The third-order valence-electron chi connectivity index (χ3n) is 2.40. The number of rotatable bonds is 6. The second kappa shape index (κ2) is 5.93. The summed E-state index contributed by atoms with van der Waals surface area (Å²) in [4.78, 5) is 4.33. The molecule has 0 atom stereocenters. The molecular weight excluding hydrogens is 239 g/mol. The average Bonchev–Trinajstić information content (AvgIpc) is 2.70. The molecule has 0 bridgehead atoms. The van der Waals surface area contributed by atoms with Crippen molar-refractivity contribution in [1.82, 2.24) is 4.98 Å². The number of thiazole rings is 1. The molecule has 0 saturated heterocycles. The van der Waals surface area contributed by atoms with Crippen LogP contribution >= 0.6 is 11.3 Å². The fourth-order valence-electron chi connectivity index (χ4n) is 1.54. The Kier molecular flexibility index (Phi) is 4.28. The molecule has 0 radical (unpaired) electrons. The van der Waals surface area contributed by atoms with Crippen molar-refractivity contribution >= 4 is 26.7 Å². The highest BCUT2D eigenvalue weighted by Gasteiger charge is 2.03. The predicted molar refractivity (Wildman–Crippen MR) is 69.2 cm³/mol. The molecule has 5 heteroatoms. The summed E-state index contributed by atoms with van der Waals surface area (Å²) in [6.07, 6.45) is 2.07. The standard InChI is InChI=1S/C12H15FN2OS/c1-16-7-3-2-6-14-12-15-10-8-9(13)4-5-11(10)17-12/h4-5,8H,2-3,6-7H2,1H3,(H,14,15). The van der Waals surface area contributed by atoms with E-state index in [4.69, 9.17) is 4.74 Å². The molecule has 1 N–H and O–H groups in total. The van der Waals surface area contributed by atoms with Crippen molar-refractivity contribution in [2.75, 3.05) is 25.6 Å². The minimum absolute atomic E-state index is 0.241. The molecule has 0 aliphatic rings. The zero-order chi connectivity index (χ0) is 12.1.